The summed E-state index contributed by atoms with van der Waals surface area (Å²) >= 11 is 5.82. The van der Waals surface area contributed by atoms with Crippen molar-refractivity contribution in [3.63, 3.8) is 0 Å². The third-order valence-electron chi connectivity index (χ3n) is 3.34. The highest BCUT2D eigenvalue weighted by Gasteiger charge is 2.38. The normalized spacial score (nSPS) is 20.0. The summed E-state index contributed by atoms with van der Waals surface area (Å²) in [5.41, 5.74) is 0.756. The summed E-state index contributed by atoms with van der Waals surface area (Å²) in [6.07, 6.45) is 0.673. The molecule has 0 N–H and O–H groups in total. The van der Waals surface area contributed by atoms with Crippen molar-refractivity contribution in [1.29, 1.82) is 0 Å². The molecule has 1 aromatic rings. The molecule has 0 radical (unpaired) electrons. The lowest BCUT2D eigenvalue weighted by Crippen LogP contribution is -2.59. The number of hydrogen-bond acceptors (Lipinski definition) is 2. The molecular formula is C14H17ClN2O2. The second-order valence-corrected chi connectivity index (χ2v) is 4.86. The van der Waals surface area contributed by atoms with Crippen LogP contribution in [0, 0.1) is 0 Å². The van der Waals surface area contributed by atoms with Crippen LogP contribution in [0.1, 0.15) is 13.3 Å². The van der Waals surface area contributed by atoms with Crippen LogP contribution in [-0.2, 0) is 9.59 Å². The van der Waals surface area contributed by atoms with Gasteiger partial charge in [-0.1, -0.05) is 18.2 Å². The summed E-state index contributed by atoms with van der Waals surface area (Å²) in [5.74, 6) is -0.431. The van der Waals surface area contributed by atoms with Gasteiger partial charge in [0.2, 0.25) is 0 Å². The molecule has 0 aliphatic carbocycles. The Kier molecular flexibility index (Phi) is 4.43. The predicted molar refractivity (Wildman–Crippen MR) is 75.3 cm³/mol. The Bertz CT molecular complexity index is 464. The molecule has 0 bridgehead atoms. The van der Waals surface area contributed by atoms with Gasteiger partial charge in [-0.3, -0.25) is 14.5 Å². The lowest BCUT2D eigenvalue weighted by atomic mass is 10.1. The molecule has 1 aliphatic heterocycles. The second kappa shape index (κ2) is 6.06. The largest absolute Gasteiger partial charge is 0.333 e. The first kappa shape index (κ1) is 13.9. The van der Waals surface area contributed by atoms with E-state index in [9.17, 15) is 9.59 Å². The van der Waals surface area contributed by atoms with Crippen molar-refractivity contribution in [3.8, 4) is 0 Å². The number of amides is 2. The Balaban J connectivity index is 2.32. The van der Waals surface area contributed by atoms with Gasteiger partial charge in [0, 0.05) is 24.7 Å². The van der Waals surface area contributed by atoms with E-state index in [4.69, 9.17) is 11.6 Å². The molecule has 2 rings (SSSR count). The van der Waals surface area contributed by atoms with E-state index < -0.39 is 11.8 Å². The Labute approximate surface area is 117 Å². The fourth-order valence-electron chi connectivity index (χ4n) is 2.36. The number of nitrogens with zero attached hydrogens (tertiary/aromatic N) is 2. The predicted octanol–water partition coefficient (Wildman–Crippen LogP) is 1.88. The van der Waals surface area contributed by atoms with Crippen LogP contribution in [0.3, 0.4) is 0 Å². The van der Waals surface area contributed by atoms with Crippen molar-refractivity contribution in [2.45, 2.75) is 19.4 Å². The summed E-state index contributed by atoms with van der Waals surface area (Å²) in [5, 5.41) is 0. The summed E-state index contributed by atoms with van der Waals surface area (Å²) < 4.78 is 0. The van der Waals surface area contributed by atoms with Crippen LogP contribution in [0.15, 0.2) is 30.3 Å². The van der Waals surface area contributed by atoms with Gasteiger partial charge in [-0.25, -0.2) is 0 Å². The topological polar surface area (TPSA) is 40.6 Å². The maximum Gasteiger partial charge on any atom is 0.316 e. The van der Waals surface area contributed by atoms with Crippen LogP contribution in [0.4, 0.5) is 5.69 Å². The average Bonchev–Trinajstić information content (AvgIpc) is 2.44. The third kappa shape index (κ3) is 2.73. The van der Waals surface area contributed by atoms with Gasteiger partial charge in [-0.05, 0) is 25.5 Å². The van der Waals surface area contributed by atoms with E-state index >= 15 is 0 Å². The van der Waals surface area contributed by atoms with E-state index in [2.05, 4.69) is 0 Å². The number of alkyl halides is 1. The molecule has 102 valence electrons. The van der Waals surface area contributed by atoms with Gasteiger partial charge < -0.3 is 4.90 Å². The van der Waals surface area contributed by atoms with E-state index in [1.807, 2.05) is 37.3 Å². The van der Waals surface area contributed by atoms with Gasteiger partial charge >= 0.3 is 11.8 Å². The van der Waals surface area contributed by atoms with E-state index in [1.54, 1.807) is 9.80 Å². The molecule has 19 heavy (non-hydrogen) atoms. The van der Waals surface area contributed by atoms with Crippen molar-refractivity contribution in [3.05, 3.63) is 30.3 Å². The lowest BCUT2D eigenvalue weighted by Gasteiger charge is -2.40. The Morgan fingerprint density at radius 2 is 1.89 bits per heavy atom. The Morgan fingerprint density at radius 1 is 1.21 bits per heavy atom. The van der Waals surface area contributed by atoms with Gasteiger partial charge in [-0.15, -0.1) is 11.6 Å². The van der Waals surface area contributed by atoms with Crippen molar-refractivity contribution >= 4 is 29.1 Å². The zero-order valence-electron chi connectivity index (χ0n) is 10.9. The molecule has 0 aromatic heterocycles. The number of piperazine rings is 1. The quantitative estimate of drug-likeness (QED) is 0.624. The van der Waals surface area contributed by atoms with Gasteiger partial charge in [0.25, 0.3) is 0 Å². The zero-order valence-corrected chi connectivity index (χ0v) is 11.6. The molecule has 1 fully saturated rings. The number of para-hydroxylation sites is 1. The molecule has 0 saturated carbocycles. The maximum absolute atomic E-state index is 12.3. The monoisotopic (exact) mass is 280 g/mol. The number of anilines is 1. The highest BCUT2D eigenvalue weighted by atomic mass is 35.5. The first-order valence-corrected chi connectivity index (χ1v) is 6.96. The van der Waals surface area contributed by atoms with Crippen LogP contribution >= 0.6 is 11.6 Å². The van der Waals surface area contributed by atoms with Crippen LogP contribution in [0.25, 0.3) is 0 Å². The van der Waals surface area contributed by atoms with Crippen LogP contribution in [-0.4, -0.2) is 41.7 Å². The van der Waals surface area contributed by atoms with Crippen LogP contribution in [0.2, 0.25) is 0 Å². The van der Waals surface area contributed by atoms with Crippen molar-refractivity contribution in [2.24, 2.45) is 0 Å². The lowest BCUT2D eigenvalue weighted by molar-refractivity contribution is -0.147. The molecule has 1 saturated heterocycles. The smallest absolute Gasteiger partial charge is 0.316 e. The highest BCUT2D eigenvalue weighted by Crippen LogP contribution is 2.23. The van der Waals surface area contributed by atoms with Crippen molar-refractivity contribution < 1.29 is 9.59 Å². The minimum absolute atomic E-state index is 0.0509. The first-order chi connectivity index (χ1) is 9.19. The van der Waals surface area contributed by atoms with Crippen molar-refractivity contribution in [2.75, 3.05) is 23.9 Å². The van der Waals surface area contributed by atoms with Crippen LogP contribution < -0.4 is 4.90 Å². The molecule has 0 spiro atoms. The van der Waals surface area contributed by atoms with Gasteiger partial charge in [-0.2, -0.15) is 0 Å². The number of likely N-dealkylation sites (N-methyl/N-ethyl adjacent to an activating group) is 1. The number of rotatable bonds is 4. The maximum atomic E-state index is 12.3. The molecule has 1 heterocycles. The Hall–Kier alpha value is -1.55. The van der Waals surface area contributed by atoms with Crippen LogP contribution in [0.5, 0.6) is 0 Å². The Morgan fingerprint density at radius 3 is 2.47 bits per heavy atom. The summed E-state index contributed by atoms with van der Waals surface area (Å²) in [6, 6.07) is 9.23. The number of benzene rings is 1. The van der Waals surface area contributed by atoms with E-state index in [-0.39, 0.29) is 6.04 Å². The molecule has 1 unspecified atom stereocenters. The number of halogens is 1. The van der Waals surface area contributed by atoms with Gasteiger partial charge in [0.1, 0.15) is 0 Å². The van der Waals surface area contributed by atoms with Crippen molar-refractivity contribution in [1.82, 2.24) is 4.90 Å². The molecule has 1 atom stereocenters. The van der Waals surface area contributed by atoms with E-state index in [1.165, 1.54) is 0 Å². The molecule has 4 nitrogen and oxygen atoms in total. The van der Waals surface area contributed by atoms with Gasteiger partial charge in [0.15, 0.2) is 0 Å². The minimum Gasteiger partial charge on any atom is -0.333 e. The van der Waals surface area contributed by atoms with E-state index in [0.717, 1.165) is 5.69 Å². The third-order valence-corrected chi connectivity index (χ3v) is 3.56. The molecule has 1 aliphatic rings. The first-order valence-electron chi connectivity index (χ1n) is 6.42. The molecule has 2 amide bonds. The fourth-order valence-corrected chi connectivity index (χ4v) is 2.61. The van der Waals surface area contributed by atoms with E-state index in [0.29, 0.717) is 25.4 Å². The minimum atomic E-state index is -0.464. The zero-order chi connectivity index (χ0) is 13.8. The summed E-state index contributed by atoms with van der Waals surface area (Å²) in [7, 11) is 0. The molecule has 5 heteroatoms. The van der Waals surface area contributed by atoms with Gasteiger partial charge in [0.05, 0.1) is 6.04 Å². The number of carbonyl (C=O) groups is 2. The number of carbonyl (C=O) groups excluding carboxylic acids is 2. The molecule has 1 aromatic carbocycles. The SMILES string of the molecule is CCN1CC(CCCl)N(c2ccccc2)C(=O)C1=O. The average molecular weight is 281 g/mol. The standard InChI is InChI=1S/C14H17ClN2O2/c1-2-16-10-12(8-9-15)17(14(19)13(16)18)11-6-4-3-5-7-11/h3-7,12H,2,8-10H2,1H3. The number of hydrogen-bond donors (Lipinski definition) is 0. The second-order valence-electron chi connectivity index (χ2n) is 4.49. The summed E-state index contributed by atoms with van der Waals surface area (Å²) in [6.45, 7) is 2.97. The molecular weight excluding hydrogens is 264 g/mol. The summed E-state index contributed by atoms with van der Waals surface area (Å²) in [4.78, 5) is 27.4. The highest BCUT2D eigenvalue weighted by molar-refractivity contribution is 6.41. The fraction of sp³-hybridized carbons (Fsp3) is 0.429.